The topological polar surface area (TPSA) is 62.3 Å². The van der Waals surface area contributed by atoms with Crippen LogP contribution in [0.15, 0.2) is 35.8 Å². The Morgan fingerprint density at radius 3 is 2.35 bits per heavy atom. The van der Waals surface area contributed by atoms with Crippen molar-refractivity contribution in [1.82, 2.24) is 9.88 Å². The molecule has 0 atom stereocenters. The van der Waals surface area contributed by atoms with Gasteiger partial charge in [0.25, 0.3) is 0 Å². The Morgan fingerprint density at radius 1 is 1.15 bits per heavy atom. The highest BCUT2D eigenvalue weighted by Crippen LogP contribution is 2.26. The third-order valence-electron chi connectivity index (χ3n) is 4.63. The van der Waals surface area contributed by atoms with E-state index in [-0.39, 0.29) is 23.1 Å². The molecule has 2 aromatic rings. The zero-order valence-corrected chi connectivity index (χ0v) is 16.3. The van der Waals surface area contributed by atoms with E-state index in [1.807, 2.05) is 55.3 Å². The van der Waals surface area contributed by atoms with Crippen LogP contribution in [0.4, 0.5) is 5.69 Å². The van der Waals surface area contributed by atoms with Gasteiger partial charge in [0.15, 0.2) is 0 Å². The fourth-order valence-electron chi connectivity index (χ4n) is 3.13. The van der Waals surface area contributed by atoms with Gasteiger partial charge in [0.1, 0.15) is 5.01 Å². The largest absolute Gasteiger partial charge is 0.342 e. The highest BCUT2D eigenvalue weighted by Gasteiger charge is 2.32. The number of benzene rings is 1. The zero-order valence-electron chi connectivity index (χ0n) is 15.5. The molecule has 6 heteroatoms. The van der Waals surface area contributed by atoms with Gasteiger partial charge in [0, 0.05) is 47.3 Å². The first kappa shape index (κ1) is 18.6. The predicted octanol–water partition coefficient (Wildman–Crippen LogP) is 4.03. The van der Waals surface area contributed by atoms with E-state index < -0.39 is 0 Å². The van der Waals surface area contributed by atoms with Gasteiger partial charge in [-0.25, -0.2) is 4.98 Å². The smallest absolute Gasteiger partial charge is 0.227 e. The number of anilines is 1. The number of aromatic nitrogens is 1. The molecule has 0 unspecified atom stereocenters. The summed E-state index contributed by atoms with van der Waals surface area (Å²) in [6.45, 7) is 7.10. The molecule has 1 N–H and O–H groups in total. The molecule has 3 rings (SSSR count). The molecule has 0 aliphatic carbocycles. The Labute approximate surface area is 158 Å². The van der Waals surface area contributed by atoms with Crippen LogP contribution in [-0.4, -0.2) is 34.8 Å². The number of nitrogens with one attached hydrogen (secondary N) is 1. The monoisotopic (exact) mass is 371 g/mol. The molecule has 1 aliphatic rings. The number of hydrogen-bond donors (Lipinski definition) is 1. The Morgan fingerprint density at radius 2 is 1.81 bits per heavy atom. The second-order valence-electron chi connectivity index (χ2n) is 7.72. The molecule has 2 heterocycles. The lowest BCUT2D eigenvalue weighted by Gasteiger charge is -2.35. The van der Waals surface area contributed by atoms with E-state index in [0.717, 1.165) is 16.3 Å². The summed E-state index contributed by atoms with van der Waals surface area (Å²) in [7, 11) is 0. The summed E-state index contributed by atoms with van der Waals surface area (Å²) in [5.41, 5.74) is 1.48. The summed E-state index contributed by atoms with van der Waals surface area (Å²) in [6, 6.07) is 7.76. The molecule has 1 saturated heterocycles. The summed E-state index contributed by atoms with van der Waals surface area (Å²) < 4.78 is 0. The van der Waals surface area contributed by atoms with E-state index in [1.165, 1.54) is 0 Å². The average molecular weight is 372 g/mol. The SMILES string of the molecule is CC(C)(C)C(=O)N1CCC(C(=O)Nc2ccc(-c3nccs3)cc2)CC1. The maximum absolute atomic E-state index is 12.5. The van der Waals surface area contributed by atoms with E-state index in [9.17, 15) is 9.59 Å². The lowest BCUT2D eigenvalue weighted by Crippen LogP contribution is -2.45. The van der Waals surface area contributed by atoms with Gasteiger partial charge >= 0.3 is 0 Å². The second-order valence-corrected chi connectivity index (χ2v) is 8.61. The average Bonchev–Trinajstić information content (AvgIpc) is 3.16. The normalized spacial score (nSPS) is 15.7. The maximum atomic E-state index is 12.5. The molecule has 26 heavy (non-hydrogen) atoms. The van der Waals surface area contributed by atoms with Crippen molar-refractivity contribution < 1.29 is 9.59 Å². The third kappa shape index (κ3) is 4.30. The van der Waals surface area contributed by atoms with Crippen LogP contribution in [0, 0.1) is 11.3 Å². The number of carbonyl (C=O) groups excluding carboxylic acids is 2. The first-order chi connectivity index (χ1) is 12.3. The van der Waals surface area contributed by atoms with E-state index >= 15 is 0 Å². The molecule has 0 spiro atoms. The van der Waals surface area contributed by atoms with Crippen LogP contribution in [0.1, 0.15) is 33.6 Å². The fraction of sp³-hybridized carbons (Fsp3) is 0.450. The maximum Gasteiger partial charge on any atom is 0.227 e. The van der Waals surface area contributed by atoms with Crippen LogP contribution >= 0.6 is 11.3 Å². The number of hydrogen-bond acceptors (Lipinski definition) is 4. The predicted molar refractivity (Wildman–Crippen MR) is 105 cm³/mol. The van der Waals surface area contributed by atoms with Crippen LogP contribution in [-0.2, 0) is 9.59 Å². The van der Waals surface area contributed by atoms with Crippen LogP contribution < -0.4 is 5.32 Å². The second kappa shape index (κ2) is 7.58. The van der Waals surface area contributed by atoms with Crippen molar-refractivity contribution in [3.05, 3.63) is 35.8 Å². The number of piperidine rings is 1. The van der Waals surface area contributed by atoms with Gasteiger partial charge in [0.05, 0.1) is 0 Å². The lowest BCUT2D eigenvalue weighted by atomic mass is 9.90. The van der Waals surface area contributed by atoms with Gasteiger partial charge in [-0.2, -0.15) is 0 Å². The van der Waals surface area contributed by atoms with Crippen molar-refractivity contribution in [1.29, 1.82) is 0 Å². The molecule has 1 fully saturated rings. The molecule has 1 aromatic heterocycles. The quantitative estimate of drug-likeness (QED) is 0.886. The molecular formula is C20H25N3O2S. The van der Waals surface area contributed by atoms with Crippen molar-refractivity contribution in [3.8, 4) is 10.6 Å². The van der Waals surface area contributed by atoms with Gasteiger partial charge < -0.3 is 10.2 Å². The Kier molecular flexibility index (Phi) is 5.41. The summed E-state index contributed by atoms with van der Waals surface area (Å²) in [4.78, 5) is 31.0. The molecule has 0 saturated carbocycles. The molecule has 1 aliphatic heterocycles. The molecule has 5 nitrogen and oxygen atoms in total. The molecule has 0 radical (unpaired) electrons. The van der Waals surface area contributed by atoms with Crippen molar-refractivity contribution in [3.63, 3.8) is 0 Å². The third-order valence-corrected chi connectivity index (χ3v) is 5.45. The van der Waals surface area contributed by atoms with E-state index in [1.54, 1.807) is 17.5 Å². The Bertz CT molecular complexity index is 755. The summed E-state index contributed by atoms with van der Waals surface area (Å²) in [6.07, 6.45) is 3.21. The van der Waals surface area contributed by atoms with Gasteiger partial charge in [0.2, 0.25) is 11.8 Å². The number of carbonyl (C=O) groups is 2. The minimum Gasteiger partial charge on any atom is -0.342 e. The standard InChI is InChI=1S/C20H25N3O2S/c1-20(2,3)19(25)23-11-8-14(9-12-23)17(24)22-16-6-4-15(5-7-16)18-21-10-13-26-18/h4-7,10,13-14H,8-9,11-12H2,1-3H3,(H,22,24). The molecule has 138 valence electrons. The van der Waals surface area contributed by atoms with Crippen LogP contribution in [0.25, 0.3) is 10.6 Å². The molecule has 1 aromatic carbocycles. The highest BCUT2D eigenvalue weighted by atomic mass is 32.1. The number of amides is 2. The Balaban J connectivity index is 1.54. The minimum atomic E-state index is -0.367. The Hall–Kier alpha value is -2.21. The molecular weight excluding hydrogens is 346 g/mol. The van der Waals surface area contributed by atoms with Gasteiger partial charge in [-0.05, 0) is 37.1 Å². The van der Waals surface area contributed by atoms with Crippen molar-refractivity contribution in [2.75, 3.05) is 18.4 Å². The van der Waals surface area contributed by atoms with E-state index in [2.05, 4.69) is 10.3 Å². The van der Waals surface area contributed by atoms with Gasteiger partial charge in [-0.1, -0.05) is 20.8 Å². The van der Waals surface area contributed by atoms with Crippen molar-refractivity contribution in [2.45, 2.75) is 33.6 Å². The van der Waals surface area contributed by atoms with Gasteiger partial charge in [-0.3, -0.25) is 9.59 Å². The van der Waals surface area contributed by atoms with Crippen LogP contribution in [0.5, 0.6) is 0 Å². The van der Waals surface area contributed by atoms with Crippen LogP contribution in [0.2, 0.25) is 0 Å². The van der Waals surface area contributed by atoms with E-state index in [4.69, 9.17) is 0 Å². The summed E-state index contributed by atoms with van der Waals surface area (Å²) in [5.74, 6) is 0.154. The number of nitrogens with zero attached hydrogens (tertiary/aromatic N) is 2. The summed E-state index contributed by atoms with van der Waals surface area (Å²) in [5, 5.41) is 5.92. The summed E-state index contributed by atoms with van der Waals surface area (Å²) >= 11 is 1.59. The van der Waals surface area contributed by atoms with Crippen molar-refractivity contribution in [2.24, 2.45) is 11.3 Å². The van der Waals surface area contributed by atoms with Crippen LogP contribution in [0.3, 0.4) is 0 Å². The minimum absolute atomic E-state index is 0.0369. The number of thiazole rings is 1. The highest BCUT2D eigenvalue weighted by molar-refractivity contribution is 7.13. The van der Waals surface area contributed by atoms with Gasteiger partial charge in [-0.15, -0.1) is 11.3 Å². The fourth-order valence-corrected chi connectivity index (χ4v) is 3.77. The first-order valence-electron chi connectivity index (χ1n) is 8.95. The zero-order chi connectivity index (χ0) is 18.7. The molecule has 0 bridgehead atoms. The molecule has 2 amide bonds. The number of likely N-dealkylation sites (tertiary alicyclic amines) is 1. The number of rotatable bonds is 3. The van der Waals surface area contributed by atoms with Crippen molar-refractivity contribution >= 4 is 28.8 Å². The lowest BCUT2D eigenvalue weighted by molar-refractivity contribution is -0.142. The van der Waals surface area contributed by atoms with E-state index in [0.29, 0.717) is 25.9 Å². The first-order valence-corrected chi connectivity index (χ1v) is 9.83.